The van der Waals surface area contributed by atoms with Crippen LogP contribution in [0.1, 0.15) is 6.42 Å². The van der Waals surface area contributed by atoms with Gasteiger partial charge in [-0.3, -0.25) is 4.79 Å². The van der Waals surface area contributed by atoms with Crippen LogP contribution in [0, 0.1) is 0 Å². The minimum Gasteiger partial charge on any atom is -0.507 e. The third-order valence-electron chi connectivity index (χ3n) is 3.12. The lowest BCUT2D eigenvalue weighted by Gasteiger charge is -2.19. The fourth-order valence-corrected chi connectivity index (χ4v) is 3.49. The van der Waals surface area contributed by atoms with E-state index >= 15 is 0 Å². The van der Waals surface area contributed by atoms with Gasteiger partial charge in [0, 0.05) is 20.1 Å². The summed E-state index contributed by atoms with van der Waals surface area (Å²) in [5, 5.41) is 9.66. The molecule has 104 valence electrons. The van der Waals surface area contributed by atoms with E-state index in [2.05, 4.69) is 0 Å². The minimum atomic E-state index is -3.84. The number of carbonyl (C=O) groups is 1. The van der Waals surface area contributed by atoms with E-state index in [4.69, 9.17) is 0 Å². The monoisotopic (exact) mass is 284 g/mol. The number of aromatic hydroxyl groups is 1. The summed E-state index contributed by atoms with van der Waals surface area (Å²) in [6.07, 6.45) is 0.578. The van der Waals surface area contributed by atoms with Gasteiger partial charge in [0.2, 0.25) is 15.9 Å². The van der Waals surface area contributed by atoms with Crippen molar-refractivity contribution >= 4 is 15.9 Å². The van der Waals surface area contributed by atoms with E-state index in [1.165, 1.54) is 17.0 Å². The number of sulfonamides is 1. The van der Waals surface area contributed by atoms with E-state index in [1.807, 2.05) is 0 Å². The van der Waals surface area contributed by atoms with Crippen molar-refractivity contribution in [3.63, 3.8) is 0 Å². The van der Waals surface area contributed by atoms with Crippen LogP contribution in [0.3, 0.4) is 0 Å². The summed E-state index contributed by atoms with van der Waals surface area (Å²) >= 11 is 0. The van der Waals surface area contributed by atoms with Crippen LogP contribution in [0.5, 0.6) is 5.75 Å². The van der Waals surface area contributed by atoms with Gasteiger partial charge >= 0.3 is 0 Å². The first kappa shape index (κ1) is 13.8. The smallest absolute Gasteiger partial charge is 0.247 e. The van der Waals surface area contributed by atoms with Gasteiger partial charge in [-0.2, -0.15) is 4.31 Å². The zero-order valence-electron chi connectivity index (χ0n) is 10.6. The highest BCUT2D eigenvalue weighted by Crippen LogP contribution is 2.25. The van der Waals surface area contributed by atoms with Crippen molar-refractivity contribution in [1.29, 1.82) is 0 Å². The Morgan fingerprint density at radius 1 is 1.21 bits per heavy atom. The molecule has 1 aliphatic heterocycles. The van der Waals surface area contributed by atoms with E-state index in [-0.39, 0.29) is 29.6 Å². The Labute approximate surface area is 112 Å². The first-order valence-corrected chi connectivity index (χ1v) is 7.39. The number of hydrogen-bond acceptors (Lipinski definition) is 4. The second kappa shape index (κ2) is 5.18. The second-order valence-corrected chi connectivity index (χ2v) is 6.38. The summed E-state index contributed by atoms with van der Waals surface area (Å²) in [5.74, 6) is -0.538. The summed E-state index contributed by atoms with van der Waals surface area (Å²) in [4.78, 5) is 13.1. The Kier molecular flexibility index (Phi) is 3.77. The van der Waals surface area contributed by atoms with Crippen LogP contribution < -0.4 is 0 Å². The molecular formula is C12H16N2O4S. The number of nitrogens with zero attached hydrogens (tertiary/aromatic N) is 2. The van der Waals surface area contributed by atoms with Crippen molar-refractivity contribution in [2.75, 3.05) is 26.7 Å². The fourth-order valence-electron chi connectivity index (χ4n) is 1.98. The standard InChI is InChI=1S/C12H16N2O4S/c1-13-7-4-8-14(9-12(13)16)19(17,18)11-6-3-2-5-10(11)15/h2-3,5-6,15H,4,7-9H2,1H3. The molecule has 1 aliphatic rings. The fraction of sp³-hybridized carbons (Fsp3) is 0.417. The van der Waals surface area contributed by atoms with E-state index in [0.29, 0.717) is 13.0 Å². The van der Waals surface area contributed by atoms with Gasteiger partial charge in [-0.1, -0.05) is 12.1 Å². The van der Waals surface area contributed by atoms with Gasteiger partial charge in [0.15, 0.2) is 0 Å². The lowest BCUT2D eigenvalue weighted by molar-refractivity contribution is -0.129. The highest BCUT2D eigenvalue weighted by atomic mass is 32.2. The van der Waals surface area contributed by atoms with Crippen molar-refractivity contribution in [2.45, 2.75) is 11.3 Å². The Hall–Kier alpha value is -1.60. The van der Waals surface area contributed by atoms with E-state index in [1.54, 1.807) is 19.2 Å². The van der Waals surface area contributed by atoms with Gasteiger partial charge in [-0.05, 0) is 18.6 Å². The maximum absolute atomic E-state index is 12.4. The molecule has 7 heteroatoms. The number of hydrogen-bond donors (Lipinski definition) is 1. The van der Waals surface area contributed by atoms with Crippen molar-refractivity contribution in [1.82, 2.24) is 9.21 Å². The molecule has 0 spiro atoms. The summed E-state index contributed by atoms with van der Waals surface area (Å²) < 4.78 is 25.9. The predicted octanol–water partition coefficient (Wildman–Crippen LogP) is 0.245. The molecule has 6 nitrogen and oxygen atoms in total. The van der Waals surface area contributed by atoms with Gasteiger partial charge in [-0.15, -0.1) is 0 Å². The highest BCUT2D eigenvalue weighted by molar-refractivity contribution is 7.89. The van der Waals surface area contributed by atoms with E-state index in [9.17, 15) is 18.3 Å². The summed E-state index contributed by atoms with van der Waals surface area (Å²) in [7, 11) is -2.19. The number of carbonyl (C=O) groups excluding carboxylic acids is 1. The average Bonchev–Trinajstić information content (AvgIpc) is 2.53. The number of phenolic OH excluding ortho intramolecular Hbond substituents is 1. The van der Waals surface area contributed by atoms with Crippen LogP contribution in [0.2, 0.25) is 0 Å². The lowest BCUT2D eigenvalue weighted by Crippen LogP contribution is -2.38. The van der Waals surface area contributed by atoms with Crippen LogP contribution in [-0.4, -0.2) is 55.3 Å². The molecule has 0 radical (unpaired) electrons. The number of para-hydroxylation sites is 1. The molecule has 2 rings (SSSR count). The Morgan fingerprint density at radius 3 is 2.58 bits per heavy atom. The zero-order valence-corrected chi connectivity index (χ0v) is 11.4. The van der Waals surface area contributed by atoms with Crippen molar-refractivity contribution in [3.05, 3.63) is 24.3 Å². The van der Waals surface area contributed by atoms with Gasteiger partial charge < -0.3 is 10.0 Å². The summed E-state index contributed by atoms with van der Waals surface area (Å²) in [6, 6.07) is 5.75. The molecule has 0 aromatic heterocycles. The van der Waals surface area contributed by atoms with Gasteiger partial charge in [0.25, 0.3) is 0 Å². The van der Waals surface area contributed by atoms with Crippen LogP contribution in [0.4, 0.5) is 0 Å². The molecule has 1 amide bonds. The minimum absolute atomic E-state index is 0.160. The van der Waals surface area contributed by atoms with Crippen molar-refractivity contribution in [2.24, 2.45) is 0 Å². The first-order chi connectivity index (χ1) is 8.93. The molecule has 1 heterocycles. The molecule has 1 N–H and O–H groups in total. The molecule has 1 aromatic carbocycles. The summed E-state index contributed by atoms with van der Waals surface area (Å²) in [6.45, 7) is 0.617. The van der Waals surface area contributed by atoms with E-state index in [0.717, 1.165) is 4.31 Å². The topological polar surface area (TPSA) is 77.9 Å². The van der Waals surface area contributed by atoms with Gasteiger partial charge in [0.05, 0.1) is 6.54 Å². The maximum Gasteiger partial charge on any atom is 0.247 e. The van der Waals surface area contributed by atoms with Crippen LogP contribution >= 0.6 is 0 Å². The molecule has 0 bridgehead atoms. The van der Waals surface area contributed by atoms with E-state index < -0.39 is 10.0 Å². The third-order valence-corrected chi connectivity index (χ3v) is 5.01. The van der Waals surface area contributed by atoms with Gasteiger partial charge in [-0.25, -0.2) is 8.42 Å². The maximum atomic E-state index is 12.4. The largest absolute Gasteiger partial charge is 0.507 e. The average molecular weight is 284 g/mol. The second-order valence-electron chi connectivity index (χ2n) is 4.48. The molecule has 1 aromatic rings. The zero-order chi connectivity index (χ0) is 14.0. The SMILES string of the molecule is CN1CCCN(S(=O)(=O)c2ccccc2O)CC1=O. The quantitative estimate of drug-likeness (QED) is 0.844. The molecule has 1 fully saturated rings. The third kappa shape index (κ3) is 2.71. The van der Waals surface area contributed by atoms with Gasteiger partial charge in [0.1, 0.15) is 10.6 Å². The first-order valence-electron chi connectivity index (χ1n) is 5.95. The van der Waals surface area contributed by atoms with Crippen LogP contribution in [0.25, 0.3) is 0 Å². The number of benzene rings is 1. The lowest BCUT2D eigenvalue weighted by atomic mass is 10.3. The molecule has 1 saturated heterocycles. The highest BCUT2D eigenvalue weighted by Gasteiger charge is 2.31. The molecule has 0 unspecified atom stereocenters. The molecule has 0 atom stereocenters. The Morgan fingerprint density at radius 2 is 1.89 bits per heavy atom. The number of rotatable bonds is 2. The molecule has 0 aliphatic carbocycles. The molecular weight excluding hydrogens is 268 g/mol. The number of phenols is 1. The Bertz CT molecular complexity index is 585. The van der Waals surface area contributed by atoms with Crippen molar-refractivity contribution in [3.8, 4) is 5.75 Å². The molecule has 0 saturated carbocycles. The van der Waals surface area contributed by atoms with Crippen molar-refractivity contribution < 1.29 is 18.3 Å². The molecule has 19 heavy (non-hydrogen) atoms. The number of likely N-dealkylation sites (N-methyl/N-ethyl adjacent to an activating group) is 1. The Balaban J connectivity index is 2.35. The number of amides is 1. The normalized spacial score (nSPS) is 18.4. The van der Waals surface area contributed by atoms with Crippen LogP contribution in [-0.2, 0) is 14.8 Å². The summed E-state index contributed by atoms with van der Waals surface area (Å²) in [5.41, 5.74) is 0. The predicted molar refractivity (Wildman–Crippen MR) is 69.1 cm³/mol. The van der Waals surface area contributed by atoms with Crippen LogP contribution in [0.15, 0.2) is 29.2 Å².